The number of amides is 1. The van der Waals surface area contributed by atoms with Crippen LogP contribution < -0.4 is 4.90 Å². The fraction of sp³-hybridized carbons (Fsp3) is 0.364. The zero-order chi connectivity index (χ0) is 10.7. The molecule has 0 N–H and O–H groups in total. The maximum Gasteiger partial charge on any atom is 0.282 e. The molecule has 0 aromatic heterocycles. The zero-order valence-corrected chi connectivity index (χ0v) is 9.58. The zero-order valence-electron chi connectivity index (χ0n) is 8.69. The van der Waals surface area contributed by atoms with Crippen molar-refractivity contribution < 1.29 is 4.79 Å². The molecule has 76 valence electrons. The van der Waals surface area contributed by atoms with Crippen molar-refractivity contribution in [2.75, 3.05) is 11.9 Å². The summed E-state index contributed by atoms with van der Waals surface area (Å²) in [7, 11) is 1.71. The largest absolute Gasteiger partial charge is 0.307 e. The van der Waals surface area contributed by atoms with E-state index in [2.05, 4.69) is 26.5 Å². The molecule has 14 heavy (non-hydrogen) atoms. The van der Waals surface area contributed by atoms with E-state index < -0.39 is 0 Å². The third-order valence-corrected chi connectivity index (χ3v) is 2.53. The summed E-state index contributed by atoms with van der Waals surface area (Å²) >= 11 is 3.76. The number of rotatable bonds is 2. The quantitative estimate of drug-likeness (QED) is 0.741. The molecule has 0 saturated carbocycles. The summed E-state index contributed by atoms with van der Waals surface area (Å²) in [5.41, 5.74) is 2.14. The Morgan fingerprint density at radius 3 is 2.14 bits per heavy atom. The minimum atomic E-state index is -0.248. The minimum absolute atomic E-state index is 0.248. The first-order valence-corrected chi connectivity index (χ1v) is 5.03. The Morgan fingerprint density at radius 1 is 1.29 bits per heavy atom. The number of hydrogen-bond donors (Lipinski definition) is 1. The van der Waals surface area contributed by atoms with Crippen molar-refractivity contribution >= 4 is 23.6 Å². The van der Waals surface area contributed by atoms with E-state index in [1.807, 2.05) is 24.3 Å². The van der Waals surface area contributed by atoms with Crippen LogP contribution in [0.2, 0.25) is 0 Å². The fourth-order valence-electron chi connectivity index (χ4n) is 1.19. The molecule has 0 aliphatic heterocycles. The number of thiol groups is 1. The average Bonchev–Trinajstić information content (AvgIpc) is 2.16. The number of carbonyl (C=O) groups excluding carboxylic acids is 1. The molecule has 0 heterocycles. The molecule has 1 aromatic carbocycles. The topological polar surface area (TPSA) is 20.3 Å². The van der Waals surface area contributed by atoms with E-state index in [9.17, 15) is 4.79 Å². The highest BCUT2D eigenvalue weighted by atomic mass is 32.1. The maximum absolute atomic E-state index is 11.0. The van der Waals surface area contributed by atoms with Gasteiger partial charge in [0.05, 0.1) is 0 Å². The number of nitrogens with zero attached hydrogens (tertiary/aromatic N) is 1. The van der Waals surface area contributed by atoms with Crippen LogP contribution in [-0.4, -0.2) is 12.3 Å². The lowest BCUT2D eigenvalue weighted by Gasteiger charge is -2.15. The molecule has 0 atom stereocenters. The van der Waals surface area contributed by atoms with Crippen molar-refractivity contribution in [3.63, 3.8) is 0 Å². The normalized spacial score (nSPS) is 10.4. The molecular weight excluding hydrogens is 194 g/mol. The van der Waals surface area contributed by atoms with Crippen molar-refractivity contribution in [3.8, 4) is 0 Å². The van der Waals surface area contributed by atoms with E-state index in [4.69, 9.17) is 0 Å². The molecule has 0 aliphatic carbocycles. The number of hydrogen-bond acceptors (Lipinski definition) is 1. The molecule has 1 aromatic rings. The first-order chi connectivity index (χ1) is 6.52. The molecule has 0 spiro atoms. The molecule has 0 saturated heterocycles. The van der Waals surface area contributed by atoms with Crippen LogP contribution in [0.15, 0.2) is 24.3 Å². The second-order valence-corrected chi connectivity index (χ2v) is 3.97. The Hall–Kier alpha value is -0.960. The van der Waals surface area contributed by atoms with Crippen LogP contribution in [0.3, 0.4) is 0 Å². The predicted octanol–water partition coefficient (Wildman–Crippen LogP) is 3.30. The molecule has 0 bridgehead atoms. The van der Waals surface area contributed by atoms with Crippen LogP contribution >= 0.6 is 12.6 Å². The molecule has 0 unspecified atom stereocenters. The van der Waals surface area contributed by atoms with E-state index in [0.29, 0.717) is 5.92 Å². The lowest BCUT2D eigenvalue weighted by Crippen LogP contribution is -2.19. The van der Waals surface area contributed by atoms with Gasteiger partial charge >= 0.3 is 0 Å². The Kier molecular flexibility index (Phi) is 3.58. The molecule has 1 rings (SSSR count). The number of anilines is 1. The molecule has 1 amide bonds. The Labute approximate surface area is 90.3 Å². The van der Waals surface area contributed by atoms with Crippen molar-refractivity contribution in [2.24, 2.45) is 0 Å². The van der Waals surface area contributed by atoms with Crippen molar-refractivity contribution in [1.29, 1.82) is 0 Å². The van der Waals surface area contributed by atoms with Gasteiger partial charge in [0.2, 0.25) is 0 Å². The van der Waals surface area contributed by atoms with E-state index in [-0.39, 0.29) is 5.24 Å². The van der Waals surface area contributed by atoms with Gasteiger partial charge in [-0.3, -0.25) is 4.79 Å². The van der Waals surface area contributed by atoms with Gasteiger partial charge in [0.25, 0.3) is 5.24 Å². The van der Waals surface area contributed by atoms with Crippen molar-refractivity contribution in [3.05, 3.63) is 29.8 Å². The van der Waals surface area contributed by atoms with Gasteiger partial charge in [-0.05, 0) is 23.6 Å². The summed E-state index contributed by atoms with van der Waals surface area (Å²) in [5, 5.41) is -0.248. The van der Waals surface area contributed by atoms with Gasteiger partial charge in [0.1, 0.15) is 0 Å². The molecule has 3 heteroatoms. The second kappa shape index (κ2) is 4.51. The van der Waals surface area contributed by atoms with Gasteiger partial charge in [0, 0.05) is 12.7 Å². The summed E-state index contributed by atoms with van der Waals surface area (Å²) < 4.78 is 0. The van der Waals surface area contributed by atoms with Crippen molar-refractivity contribution in [1.82, 2.24) is 0 Å². The highest BCUT2D eigenvalue weighted by Crippen LogP contribution is 2.19. The minimum Gasteiger partial charge on any atom is -0.307 e. The molecule has 0 radical (unpaired) electrons. The lowest BCUT2D eigenvalue weighted by molar-refractivity contribution is 0.266. The molecule has 2 nitrogen and oxygen atoms in total. The lowest BCUT2D eigenvalue weighted by atomic mass is 10.0. The average molecular weight is 209 g/mol. The molecule has 0 fully saturated rings. The van der Waals surface area contributed by atoms with Gasteiger partial charge in [-0.1, -0.05) is 38.6 Å². The van der Waals surface area contributed by atoms with Gasteiger partial charge in [-0.25, -0.2) is 0 Å². The third kappa shape index (κ3) is 2.51. The summed E-state index contributed by atoms with van der Waals surface area (Å²) in [5.74, 6) is 0.515. The summed E-state index contributed by atoms with van der Waals surface area (Å²) in [6.45, 7) is 4.28. The van der Waals surface area contributed by atoms with Gasteiger partial charge in [0.15, 0.2) is 0 Å². The summed E-state index contributed by atoms with van der Waals surface area (Å²) in [4.78, 5) is 12.5. The van der Waals surface area contributed by atoms with Crippen LogP contribution in [0.4, 0.5) is 10.5 Å². The Balaban J connectivity index is 2.88. The van der Waals surface area contributed by atoms with Crippen LogP contribution in [0.5, 0.6) is 0 Å². The SMILES string of the molecule is CC(C)c1ccc(N(C)C(=O)S)cc1. The molecular formula is C11H15NOS. The second-order valence-electron chi connectivity index (χ2n) is 3.59. The fourth-order valence-corrected chi connectivity index (χ4v) is 1.31. The van der Waals surface area contributed by atoms with E-state index in [1.54, 1.807) is 7.05 Å². The Bertz CT molecular complexity index is 319. The Morgan fingerprint density at radius 2 is 1.79 bits per heavy atom. The third-order valence-electron chi connectivity index (χ3n) is 2.23. The van der Waals surface area contributed by atoms with Crippen LogP contribution in [0, 0.1) is 0 Å². The van der Waals surface area contributed by atoms with Gasteiger partial charge in [-0.2, -0.15) is 0 Å². The number of benzene rings is 1. The predicted molar refractivity (Wildman–Crippen MR) is 63.3 cm³/mol. The highest BCUT2D eigenvalue weighted by molar-refractivity contribution is 7.96. The summed E-state index contributed by atoms with van der Waals surface area (Å²) in [6.07, 6.45) is 0. The van der Waals surface area contributed by atoms with Gasteiger partial charge in [-0.15, -0.1) is 0 Å². The van der Waals surface area contributed by atoms with Gasteiger partial charge < -0.3 is 4.90 Å². The highest BCUT2D eigenvalue weighted by Gasteiger charge is 2.06. The first-order valence-electron chi connectivity index (χ1n) is 4.59. The smallest absolute Gasteiger partial charge is 0.282 e. The number of carbonyl (C=O) groups is 1. The first kappa shape index (κ1) is 11.1. The molecule has 0 aliphatic rings. The van der Waals surface area contributed by atoms with E-state index in [1.165, 1.54) is 10.5 Å². The standard InChI is InChI=1S/C11H15NOS/c1-8(2)9-4-6-10(7-5-9)12(3)11(13)14/h4-8H,1-3H3,(H,13,14). The maximum atomic E-state index is 11.0. The van der Waals surface area contributed by atoms with E-state index in [0.717, 1.165) is 5.69 Å². The van der Waals surface area contributed by atoms with Crippen LogP contribution in [0.25, 0.3) is 0 Å². The van der Waals surface area contributed by atoms with Crippen LogP contribution in [-0.2, 0) is 0 Å². The van der Waals surface area contributed by atoms with E-state index >= 15 is 0 Å². The summed E-state index contributed by atoms with van der Waals surface area (Å²) in [6, 6.07) is 7.94. The monoisotopic (exact) mass is 209 g/mol. The van der Waals surface area contributed by atoms with Crippen molar-refractivity contribution in [2.45, 2.75) is 19.8 Å². The van der Waals surface area contributed by atoms with Crippen LogP contribution in [0.1, 0.15) is 25.3 Å².